The number of piperidine rings is 1. The van der Waals surface area contributed by atoms with Gasteiger partial charge in [0.25, 0.3) is 5.91 Å². The summed E-state index contributed by atoms with van der Waals surface area (Å²) < 4.78 is 6.91. The van der Waals surface area contributed by atoms with Crippen LogP contribution in [-0.2, 0) is 0 Å². The van der Waals surface area contributed by atoms with Gasteiger partial charge in [-0.1, -0.05) is 0 Å². The van der Waals surface area contributed by atoms with E-state index < -0.39 is 0 Å². The minimum absolute atomic E-state index is 0.0258. The molecule has 2 fully saturated rings. The molecule has 1 N–H and O–H groups in total. The van der Waals surface area contributed by atoms with E-state index in [4.69, 9.17) is 4.74 Å². The summed E-state index contributed by atoms with van der Waals surface area (Å²) in [5.41, 5.74) is 1.41. The summed E-state index contributed by atoms with van der Waals surface area (Å²) in [6.45, 7) is 2.75. The molecular formula is C20H26N4O2. The number of nitrogens with one attached hydrogen (secondary N) is 1. The van der Waals surface area contributed by atoms with Gasteiger partial charge in [0, 0.05) is 25.3 Å². The van der Waals surface area contributed by atoms with Gasteiger partial charge in [-0.15, -0.1) is 0 Å². The van der Waals surface area contributed by atoms with Gasteiger partial charge in [0.1, 0.15) is 5.75 Å². The third kappa shape index (κ3) is 3.90. The maximum absolute atomic E-state index is 12.7. The van der Waals surface area contributed by atoms with Gasteiger partial charge in [0.05, 0.1) is 12.8 Å². The maximum Gasteiger partial charge on any atom is 0.274 e. The minimum Gasteiger partial charge on any atom is -0.497 e. The number of likely N-dealkylation sites (tertiary alicyclic amines) is 1. The van der Waals surface area contributed by atoms with Gasteiger partial charge in [-0.25, -0.2) is 4.68 Å². The molecule has 0 atom stereocenters. The highest BCUT2D eigenvalue weighted by Gasteiger charge is 2.27. The highest BCUT2D eigenvalue weighted by atomic mass is 16.5. The molecule has 2 heterocycles. The lowest BCUT2D eigenvalue weighted by atomic mass is 10.0. The number of hydrogen-bond donors (Lipinski definition) is 1. The molecule has 0 radical (unpaired) electrons. The number of methoxy groups -OCH3 is 1. The van der Waals surface area contributed by atoms with Crippen molar-refractivity contribution in [3.63, 3.8) is 0 Å². The Hall–Kier alpha value is -2.34. The van der Waals surface area contributed by atoms with E-state index in [2.05, 4.69) is 10.4 Å². The lowest BCUT2D eigenvalue weighted by molar-refractivity contribution is 0.0698. The van der Waals surface area contributed by atoms with Crippen LogP contribution in [0.2, 0.25) is 0 Å². The fraction of sp³-hybridized carbons (Fsp3) is 0.500. The van der Waals surface area contributed by atoms with Crippen LogP contribution in [0.15, 0.2) is 36.5 Å². The van der Waals surface area contributed by atoms with E-state index >= 15 is 0 Å². The normalized spacial score (nSPS) is 18.1. The number of benzene rings is 1. The molecule has 138 valence electrons. The molecule has 0 unspecified atom stereocenters. The monoisotopic (exact) mass is 354 g/mol. The SMILES string of the molecule is COc1ccc(-n2ccc(C(=O)N3CCC(NCC4CC4)CC3)n2)cc1. The molecule has 26 heavy (non-hydrogen) atoms. The topological polar surface area (TPSA) is 59.4 Å². The fourth-order valence-corrected chi connectivity index (χ4v) is 3.42. The number of nitrogens with zero attached hydrogens (tertiary/aromatic N) is 3. The number of carbonyl (C=O) groups excluding carboxylic acids is 1. The molecular weight excluding hydrogens is 328 g/mol. The zero-order valence-corrected chi connectivity index (χ0v) is 15.2. The van der Waals surface area contributed by atoms with E-state index in [0.717, 1.165) is 49.8 Å². The van der Waals surface area contributed by atoms with Crippen molar-refractivity contribution >= 4 is 5.91 Å². The molecule has 0 spiro atoms. The third-order valence-corrected chi connectivity index (χ3v) is 5.32. The maximum atomic E-state index is 12.7. The smallest absolute Gasteiger partial charge is 0.274 e. The number of amides is 1. The van der Waals surface area contributed by atoms with Gasteiger partial charge >= 0.3 is 0 Å². The summed E-state index contributed by atoms with van der Waals surface area (Å²) in [6.07, 6.45) is 6.64. The van der Waals surface area contributed by atoms with E-state index in [1.807, 2.05) is 35.4 Å². The van der Waals surface area contributed by atoms with Crippen molar-refractivity contribution in [3.8, 4) is 11.4 Å². The first-order valence-corrected chi connectivity index (χ1v) is 9.45. The van der Waals surface area contributed by atoms with Crippen molar-refractivity contribution in [2.45, 2.75) is 31.7 Å². The number of rotatable bonds is 6. The Morgan fingerprint density at radius 1 is 1.15 bits per heavy atom. The van der Waals surface area contributed by atoms with Crippen molar-refractivity contribution in [1.29, 1.82) is 0 Å². The van der Waals surface area contributed by atoms with E-state index in [1.165, 1.54) is 12.8 Å². The van der Waals surface area contributed by atoms with Crippen LogP contribution >= 0.6 is 0 Å². The van der Waals surface area contributed by atoms with Crippen molar-refractivity contribution in [1.82, 2.24) is 20.0 Å². The fourth-order valence-electron chi connectivity index (χ4n) is 3.42. The quantitative estimate of drug-likeness (QED) is 0.866. The largest absolute Gasteiger partial charge is 0.497 e. The molecule has 1 aliphatic carbocycles. The van der Waals surface area contributed by atoms with Crippen molar-refractivity contribution < 1.29 is 9.53 Å². The number of ether oxygens (including phenoxy) is 1. The van der Waals surface area contributed by atoms with E-state index in [-0.39, 0.29) is 5.91 Å². The average Bonchev–Trinajstić information content (AvgIpc) is 3.40. The second-order valence-corrected chi connectivity index (χ2v) is 7.26. The summed E-state index contributed by atoms with van der Waals surface area (Å²) in [7, 11) is 1.64. The average molecular weight is 354 g/mol. The molecule has 2 aromatic rings. The summed E-state index contributed by atoms with van der Waals surface area (Å²) in [5, 5.41) is 8.12. The van der Waals surface area contributed by atoms with Gasteiger partial charge < -0.3 is 15.0 Å². The van der Waals surface area contributed by atoms with Crippen LogP contribution in [0.5, 0.6) is 5.75 Å². The second-order valence-electron chi connectivity index (χ2n) is 7.26. The predicted octanol–water partition coefficient (Wildman–Crippen LogP) is 2.49. The molecule has 6 heteroatoms. The summed E-state index contributed by atoms with van der Waals surface area (Å²) >= 11 is 0. The Kier molecular flexibility index (Phi) is 4.93. The molecule has 0 bridgehead atoms. The second kappa shape index (κ2) is 7.50. The van der Waals surface area contributed by atoms with Crippen LogP contribution in [0.1, 0.15) is 36.2 Å². The molecule has 1 saturated heterocycles. The highest BCUT2D eigenvalue weighted by molar-refractivity contribution is 5.92. The lowest BCUT2D eigenvalue weighted by Gasteiger charge is -2.32. The standard InChI is InChI=1S/C20H26N4O2/c1-26-18-6-4-17(5-7-18)24-13-10-19(22-24)20(25)23-11-8-16(9-12-23)21-14-15-2-3-15/h4-7,10,13,15-16,21H,2-3,8-9,11-12,14H2,1H3. The first kappa shape index (κ1) is 17.1. The number of hydrogen-bond acceptors (Lipinski definition) is 4. The molecule has 1 aliphatic heterocycles. The molecule has 1 aromatic carbocycles. The van der Waals surface area contributed by atoms with E-state index in [0.29, 0.717) is 11.7 Å². The van der Waals surface area contributed by atoms with Gasteiger partial charge in [-0.05, 0) is 68.5 Å². The van der Waals surface area contributed by atoms with Crippen LogP contribution < -0.4 is 10.1 Å². The first-order valence-electron chi connectivity index (χ1n) is 9.45. The van der Waals surface area contributed by atoms with Crippen LogP contribution in [0.3, 0.4) is 0 Å². The molecule has 1 amide bonds. The Bertz CT molecular complexity index is 743. The lowest BCUT2D eigenvalue weighted by Crippen LogP contribution is -2.45. The molecule has 2 aliphatic rings. The Balaban J connectivity index is 1.34. The van der Waals surface area contributed by atoms with Gasteiger partial charge in [-0.3, -0.25) is 4.79 Å². The molecule has 6 nitrogen and oxygen atoms in total. The van der Waals surface area contributed by atoms with Crippen LogP contribution in [0.4, 0.5) is 0 Å². The molecule has 1 saturated carbocycles. The zero-order chi connectivity index (χ0) is 17.9. The Morgan fingerprint density at radius 3 is 2.54 bits per heavy atom. The Labute approximate surface area is 154 Å². The summed E-state index contributed by atoms with van der Waals surface area (Å²) in [6, 6.07) is 9.98. The summed E-state index contributed by atoms with van der Waals surface area (Å²) in [5.74, 6) is 1.73. The van der Waals surface area contributed by atoms with Gasteiger partial charge in [-0.2, -0.15) is 5.10 Å². The van der Waals surface area contributed by atoms with Crippen LogP contribution in [-0.4, -0.2) is 53.4 Å². The zero-order valence-electron chi connectivity index (χ0n) is 15.2. The van der Waals surface area contributed by atoms with Crippen molar-refractivity contribution in [2.24, 2.45) is 5.92 Å². The molecule has 4 rings (SSSR count). The predicted molar refractivity (Wildman–Crippen MR) is 99.8 cm³/mol. The van der Waals surface area contributed by atoms with Crippen LogP contribution in [0.25, 0.3) is 5.69 Å². The minimum atomic E-state index is 0.0258. The first-order chi connectivity index (χ1) is 12.7. The van der Waals surface area contributed by atoms with Crippen molar-refractivity contribution in [3.05, 3.63) is 42.2 Å². The van der Waals surface area contributed by atoms with Crippen LogP contribution in [0, 0.1) is 5.92 Å². The highest BCUT2D eigenvalue weighted by Crippen LogP contribution is 2.28. The van der Waals surface area contributed by atoms with Gasteiger partial charge in [0.15, 0.2) is 5.69 Å². The third-order valence-electron chi connectivity index (χ3n) is 5.32. The summed E-state index contributed by atoms with van der Waals surface area (Å²) in [4.78, 5) is 14.7. The number of aromatic nitrogens is 2. The van der Waals surface area contributed by atoms with E-state index in [1.54, 1.807) is 17.9 Å². The van der Waals surface area contributed by atoms with Gasteiger partial charge in [0.2, 0.25) is 0 Å². The number of carbonyl (C=O) groups is 1. The van der Waals surface area contributed by atoms with E-state index in [9.17, 15) is 4.79 Å². The Morgan fingerprint density at radius 2 is 1.88 bits per heavy atom. The van der Waals surface area contributed by atoms with Crippen molar-refractivity contribution in [2.75, 3.05) is 26.7 Å². The molecule has 1 aromatic heterocycles.